The van der Waals surface area contributed by atoms with Crippen LogP contribution in [0.5, 0.6) is 0 Å². The van der Waals surface area contributed by atoms with Gasteiger partial charge in [0.15, 0.2) is 7.14 Å². The minimum atomic E-state index is -3.11. The predicted molar refractivity (Wildman–Crippen MR) is 128 cm³/mol. The third kappa shape index (κ3) is 4.74. The Morgan fingerprint density at radius 1 is 0.733 bits per heavy atom. The van der Waals surface area contributed by atoms with Gasteiger partial charge < -0.3 is 9.88 Å². The molecule has 0 atom stereocenters. The Hall–Kier alpha value is -2.64. The van der Waals surface area contributed by atoms with E-state index in [0.717, 1.165) is 16.8 Å². The molecule has 156 valence electrons. The highest BCUT2D eigenvalue weighted by Gasteiger charge is 2.30. The first-order chi connectivity index (χ1) is 14.3. The molecule has 0 radical (unpaired) electrons. The molecular formula is C26H30NO2P. The van der Waals surface area contributed by atoms with E-state index in [1.807, 2.05) is 66.7 Å². The topological polar surface area (TPSA) is 46.2 Å². The molecule has 1 amide bonds. The van der Waals surface area contributed by atoms with E-state index in [1.165, 1.54) is 0 Å². The highest BCUT2D eigenvalue weighted by molar-refractivity contribution is 7.79. The van der Waals surface area contributed by atoms with Crippen molar-refractivity contribution in [1.82, 2.24) is 0 Å². The molecule has 0 saturated carbocycles. The summed E-state index contributed by atoms with van der Waals surface area (Å²) >= 11 is 0. The normalized spacial score (nSPS) is 11.7. The molecule has 0 aliphatic carbocycles. The fraction of sp³-hybridized carbons (Fsp3) is 0.269. The first kappa shape index (κ1) is 22.1. The molecule has 0 bridgehead atoms. The van der Waals surface area contributed by atoms with Gasteiger partial charge in [-0.05, 0) is 23.0 Å². The number of nitrogens with one attached hydrogen (secondary N) is 1. The summed E-state index contributed by atoms with van der Waals surface area (Å²) in [6.45, 7) is 8.48. The second kappa shape index (κ2) is 9.45. The van der Waals surface area contributed by atoms with Crippen LogP contribution in [-0.2, 0) is 9.36 Å². The molecule has 3 rings (SSSR count). The number of carbonyl (C=O) groups is 1. The number of hydrogen-bond acceptors (Lipinski definition) is 2. The fourth-order valence-corrected chi connectivity index (χ4v) is 6.20. The summed E-state index contributed by atoms with van der Waals surface area (Å²) in [7, 11) is -3.11. The molecule has 0 aromatic heterocycles. The van der Waals surface area contributed by atoms with Crippen molar-refractivity contribution in [3.8, 4) is 0 Å². The zero-order valence-electron chi connectivity index (χ0n) is 18.1. The first-order valence-corrected chi connectivity index (χ1v) is 12.3. The number of hydrogen-bond donors (Lipinski definition) is 1. The molecule has 3 aromatic carbocycles. The van der Waals surface area contributed by atoms with Gasteiger partial charge in [-0.3, -0.25) is 4.79 Å². The second-order valence-electron chi connectivity index (χ2n) is 8.24. The maximum absolute atomic E-state index is 14.2. The molecular weight excluding hydrogens is 389 g/mol. The van der Waals surface area contributed by atoms with E-state index in [0.29, 0.717) is 10.6 Å². The van der Waals surface area contributed by atoms with Crippen molar-refractivity contribution in [2.24, 2.45) is 0 Å². The molecule has 0 fully saturated rings. The molecule has 0 aliphatic heterocycles. The Labute approximate surface area is 179 Å². The summed E-state index contributed by atoms with van der Waals surface area (Å²) < 4.78 is 14.2. The lowest BCUT2D eigenvalue weighted by molar-refractivity contribution is -0.113. The van der Waals surface area contributed by atoms with Gasteiger partial charge in [-0.1, -0.05) is 107 Å². The molecule has 30 heavy (non-hydrogen) atoms. The first-order valence-electron chi connectivity index (χ1n) is 10.5. The average Bonchev–Trinajstić information content (AvgIpc) is 2.74. The van der Waals surface area contributed by atoms with Gasteiger partial charge in [0.1, 0.15) is 0 Å². The molecule has 0 unspecified atom stereocenters. The van der Waals surface area contributed by atoms with Crippen LogP contribution >= 0.6 is 7.14 Å². The monoisotopic (exact) mass is 419 g/mol. The lowest BCUT2D eigenvalue weighted by atomic mass is 9.92. The van der Waals surface area contributed by atoms with Crippen LogP contribution in [0.15, 0.2) is 78.9 Å². The van der Waals surface area contributed by atoms with Gasteiger partial charge >= 0.3 is 0 Å². The van der Waals surface area contributed by atoms with E-state index < -0.39 is 7.14 Å². The zero-order chi connectivity index (χ0) is 21.7. The van der Waals surface area contributed by atoms with Crippen molar-refractivity contribution in [2.75, 3.05) is 11.5 Å². The van der Waals surface area contributed by atoms with Gasteiger partial charge in [0, 0.05) is 16.3 Å². The van der Waals surface area contributed by atoms with Gasteiger partial charge in [-0.15, -0.1) is 0 Å². The van der Waals surface area contributed by atoms with E-state index >= 15 is 0 Å². The second-order valence-corrected chi connectivity index (χ2v) is 11.1. The van der Waals surface area contributed by atoms with Crippen molar-refractivity contribution in [1.29, 1.82) is 0 Å². The van der Waals surface area contributed by atoms with E-state index in [1.54, 1.807) is 0 Å². The van der Waals surface area contributed by atoms with Crippen LogP contribution in [0.2, 0.25) is 0 Å². The number of benzene rings is 3. The number of carbonyl (C=O) groups excluding carboxylic acids is 1. The predicted octanol–water partition coefficient (Wildman–Crippen LogP) is 5.89. The Kier molecular flexibility index (Phi) is 6.95. The van der Waals surface area contributed by atoms with Crippen molar-refractivity contribution in [3.63, 3.8) is 0 Å². The van der Waals surface area contributed by atoms with Gasteiger partial charge in [0.05, 0.1) is 6.16 Å². The van der Waals surface area contributed by atoms with Crippen LogP contribution in [0.4, 0.5) is 5.69 Å². The lowest BCUT2D eigenvalue weighted by Gasteiger charge is -2.22. The molecule has 1 N–H and O–H groups in total. The largest absolute Gasteiger partial charge is 0.325 e. The maximum atomic E-state index is 14.2. The fourth-order valence-electron chi connectivity index (χ4n) is 3.75. The van der Waals surface area contributed by atoms with Crippen LogP contribution in [0, 0.1) is 0 Å². The minimum absolute atomic E-state index is 0.0645. The smallest absolute Gasteiger partial charge is 0.232 e. The van der Waals surface area contributed by atoms with Crippen LogP contribution in [0.3, 0.4) is 0 Å². The number of amides is 1. The van der Waals surface area contributed by atoms with Crippen molar-refractivity contribution in [2.45, 2.75) is 39.5 Å². The summed E-state index contributed by atoms with van der Waals surface area (Å²) in [6.07, 6.45) is -0.0645. The van der Waals surface area contributed by atoms with Crippen molar-refractivity contribution >= 4 is 29.3 Å². The number of para-hydroxylation sites is 1. The van der Waals surface area contributed by atoms with Crippen LogP contribution in [-0.4, -0.2) is 12.1 Å². The summed E-state index contributed by atoms with van der Waals surface area (Å²) in [6, 6.07) is 24.8. The molecule has 3 nitrogen and oxygen atoms in total. The van der Waals surface area contributed by atoms with E-state index in [9.17, 15) is 9.36 Å². The standard InChI is InChI=1S/C26H30NO2P/c1-19(2)23-16-11-17-24(20(3)4)26(23)27-25(28)18-30(29,21-12-7-5-8-13-21)22-14-9-6-10-15-22/h5-17,19-20H,18H2,1-4H3,(H,27,28). The third-order valence-corrected chi connectivity index (χ3v) is 8.35. The average molecular weight is 420 g/mol. The summed E-state index contributed by atoms with van der Waals surface area (Å²) in [4.78, 5) is 13.2. The summed E-state index contributed by atoms with van der Waals surface area (Å²) in [5, 5.41) is 4.53. The van der Waals surface area contributed by atoms with Gasteiger partial charge in [-0.25, -0.2) is 0 Å². The third-order valence-electron chi connectivity index (χ3n) is 5.35. The number of anilines is 1. The molecule has 0 aliphatic rings. The highest BCUT2D eigenvalue weighted by Crippen LogP contribution is 2.43. The Balaban J connectivity index is 1.99. The van der Waals surface area contributed by atoms with E-state index in [4.69, 9.17) is 0 Å². The van der Waals surface area contributed by atoms with Gasteiger partial charge in [-0.2, -0.15) is 0 Å². The zero-order valence-corrected chi connectivity index (χ0v) is 19.0. The lowest BCUT2D eigenvalue weighted by Crippen LogP contribution is -2.27. The van der Waals surface area contributed by atoms with Crippen molar-refractivity contribution in [3.05, 3.63) is 90.0 Å². The molecule has 4 heteroatoms. The number of rotatable bonds is 7. The quantitative estimate of drug-likeness (QED) is 0.486. The highest BCUT2D eigenvalue weighted by atomic mass is 31.2. The molecule has 0 saturated heterocycles. The van der Waals surface area contributed by atoms with Gasteiger partial charge in [0.25, 0.3) is 0 Å². The van der Waals surface area contributed by atoms with Crippen LogP contribution in [0.25, 0.3) is 0 Å². The molecule has 0 spiro atoms. The van der Waals surface area contributed by atoms with E-state index in [-0.39, 0.29) is 23.9 Å². The molecule has 3 aromatic rings. The molecule has 0 heterocycles. The Morgan fingerprint density at radius 3 is 1.57 bits per heavy atom. The van der Waals surface area contributed by atoms with Crippen LogP contribution < -0.4 is 15.9 Å². The summed E-state index contributed by atoms with van der Waals surface area (Å²) in [5.74, 6) is 0.323. The van der Waals surface area contributed by atoms with Crippen LogP contribution in [0.1, 0.15) is 50.7 Å². The van der Waals surface area contributed by atoms with Crippen molar-refractivity contribution < 1.29 is 9.36 Å². The van der Waals surface area contributed by atoms with Gasteiger partial charge in [0.2, 0.25) is 5.91 Å². The Bertz CT molecular complexity index is 973. The maximum Gasteiger partial charge on any atom is 0.232 e. The van der Waals surface area contributed by atoms with E-state index in [2.05, 4.69) is 45.1 Å². The Morgan fingerprint density at radius 2 is 1.17 bits per heavy atom. The minimum Gasteiger partial charge on any atom is -0.325 e. The SMILES string of the molecule is CC(C)c1cccc(C(C)C)c1NC(=O)CP(=O)(c1ccccc1)c1ccccc1. The summed E-state index contributed by atoms with van der Waals surface area (Å²) in [5.41, 5.74) is 3.06.